The van der Waals surface area contributed by atoms with Gasteiger partial charge in [0.25, 0.3) is 0 Å². The van der Waals surface area contributed by atoms with E-state index in [4.69, 9.17) is 4.74 Å². The quantitative estimate of drug-likeness (QED) is 0.564. The summed E-state index contributed by atoms with van der Waals surface area (Å²) in [6.07, 6.45) is 1.98. The molecular formula is C12H14BrO3-. The predicted octanol–water partition coefficient (Wildman–Crippen LogP) is 1.53. The van der Waals surface area contributed by atoms with E-state index in [0.29, 0.717) is 17.9 Å². The summed E-state index contributed by atoms with van der Waals surface area (Å²) in [6, 6.07) is 7.11. The van der Waals surface area contributed by atoms with Crippen LogP contribution in [0, 0.1) is 0 Å². The molecule has 4 heteroatoms. The first-order valence-corrected chi connectivity index (χ1v) is 6.32. The molecule has 0 spiro atoms. The number of alkyl halides is 1. The average Bonchev–Trinajstić information content (AvgIpc) is 2.24. The van der Waals surface area contributed by atoms with Gasteiger partial charge in [-0.2, -0.15) is 0 Å². The van der Waals surface area contributed by atoms with Gasteiger partial charge in [0.1, 0.15) is 5.75 Å². The van der Waals surface area contributed by atoms with Gasteiger partial charge in [0.2, 0.25) is 0 Å². The van der Waals surface area contributed by atoms with Crippen LogP contribution in [-0.2, 0) is 11.2 Å². The molecule has 0 amide bonds. The van der Waals surface area contributed by atoms with E-state index in [-0.39, 0.29) is 6.42 Å². The molecule has 0 aromatic heterocycles. The second kappa shape index (κ2) is 7.28. The van der Waals surface area contributed by atoms with Crippen LogP contribution in [0.1, 0.15) is 18.4 Å². The van der Waals surface area contributed by atoms with E-state index >= 15 is 0 Å². The van der Waals surface area contributed by atoms with E-state index in [9.17, 15) is 9.90 Å². The first kappa shape index (κ1) is 13.0. The van der Waals surface area contributed by atoms with Crippen molar-refractivity contribution in [2.45, 2.75) is 19.3 Å². The molecular weight excluding hydrogens is 272 g/mol. The molecule has 88 valence electrons. The number of carboxylic acid groups (broad SMARTS) is 1. The molecule has 0 atom stereocenters. The fourth-order valence-corrected chi connectivity index (χ4v) is 1.69. The van der Waals surface area contributed by atoms with E-state index < -0.39 is 5.97 Å². The summed E-state index contributed by atoms with van der Waals surface area (Å²) in [5, 5.41) is 11.4. The molecule has 1 rings (SSSR count). The summed E-state index contributed by atoms with van der Waals surface area (Å²) in [4.78, 5) is 10.4. The summed E-state index contributed by atoms with van der Waals surface area (Å²) in [7, 11) is 0. The SMILES string of the molecule is O=C([O-])Cc1cccc(OCCCCBr)c1. The number of carbonyl (C=O) groups excluding carboxylic acids is 1. The number of carbonyl (C=O) groups is 1. The van der Waals surface area contributed by atoms with Gasteiger partial charge < -0.3 is 14.6 Å². The maximum atomic E-state index is 10.4. The first-order chi connectivity index (χ1) is 7.72. The van der Waals surface area contributed by atoms with Crippen molar-refractivity contribution in [2.24, 2.45) is 0 Å². The standard InChI is InChI=1S/C12H15BrO3/c13-6-1-2-7-16-11-5-3-4-10(8-11)9-12(14)15/h3-5,8H,1-2,6-7,9H2,(H,14,15)/p-1. The van der Waals surface area contributed by atoms with Crippen LogP contribution >= 0.6 is 15.9 Å². The predicted molar refractivity (Wildman–Crippen MR) is 63.7 cm³/mol. The summed E-state index contributed by atoms with van der Waals surface area (Å²) in [5.41, 5.74) is 0.706. The number of halogens is 1. The molecule has 0 N–H and O–H groups in total. The van der Waals surface area contributed by atoms with Gasteiger partial charge in [-0.1, -0.05) is 28.1 Å². The van der Waals surface area contributed by atoms with Crippen molar-refractivity contribution < 1.29 is 14.6 Å². The highest BCUT2D eigenvalue weighted by Gasteiger charge is 1.97. The summed E-state index contributed by atoms with van der Waals surface area (Å²) >= 11 is 3.35. The fraction of sp³-hybridized carbons (Fsp3) is 0.417. The Kier molecular flexibility index (Phi) is 5.93. The monoisotopic (exact) mass is 285 g/mol. The molecule has 0 saturated carbocycles. The van der Waals surface area contributed by atoms with Crippen LogP contribution in [0.15, 0.2) is 24.3 Å². The molecule has 0 aliphatic rings. The number of unbranched alkanes of at least 4 members (excludes halogenated alkanes) is 1. The number of rotatable bonds is 7. The van der Waals surface area contributed by atoms with Crippen LogP contribution in [0.2, 0.25) is 0 Å². The van der Waals surface area contributed by atoms with Crippen molar-refractivity contribution in [1.82, 2.24) is 0 Å². The Morgan fingerprint density at radius 1 is 1.38 bits per heavy atom. The molecule has 0 radical (unpaired) electrons. The van der Waals surface area contributed by atoms with Crippen molar-refractivity contribution in [3.05, 3.63) is 29.8 Å². The van der Waals surface area contributed by atoms with Gasteiger partial charge in [0.15, 0.2) is 0 Å². The van der Waals surface area contributed by atoms with Crippen LogP contribution in [0.5, 0.6) is 5.75 Å². The summed E-state index contributed by atoms with van der Waals surface area (Å²) in [6.45, 7) is 0.653. The normalized spacial score (nSPS) is 10.1. The third-order valence-corrected chi connectivity index (χ3v) is 2.60. The highest BCUT2D eigenvalue weighted by molar-refractivity contribution is 9.09. The topological polar surface area (TPSA) is 49.4 Å². The van der Waals surface area contributed by atoms with Crippen molar-refractivity contribution >= 4 is 21.9 Å². The van der Waals surface area contributed by atoms with E-state index in [1.165, 1.54) is 0 Å². The second-order valence-electron chi connectivity index (χ2n) is 3.44. The van der Waals surface area contributed by atoms with Crippen molar-refractivity contribution in [3.8, 4) is 5.75 Å². The van der Waals surface area contributed by atoms with Gasteiger partial charge >= 0.3 is 0 Å². The van der Waals surface area contributed by atoms with E-state index in [1.54, 1.807) is 18.2 Å². The maximum absolute atomic E-state index is 10.4. The third-order valence-electron chi connectivity index (χ3n) is 2.04. The Morgan fingerprint density at radius 2 is 2.19 bits per heavy atom. The molecule has 0 heterocycles. The van der Waals surface area contributed by atoms with Crippen molar-refractivity contribution in [1.29, 1.82) is 0 Å². The fourth-order valence-electron chi connectivity index (χ4n) is 1.30. The Labute approximate surface area is 104 Å². The number of aliphatic carboxylic acids is 1. The van der Waals surface area contributed by atoms with Crippen LogP contribution in [-0.4, -0.2) is 17.9 Å². The Balaban J connectivity index is 2.44. The lowest BCUT2D eigenvalue weighted by atomic mass is 10.1. The van der Waals surface area contributed by atoms with Gasteiger partial charge in [-0.05, 0) is 30.5 Å². The zero-order valence-corrected chi connectivity index (χ0v) is 10.5. The molecule has 1 aromatic carbocycles. The molecule has 0 bridgehead atoms. The molecule has 0 aliphatic carbocycles. The van der Waals surface area contributed by atoms with Crippen LogP contribution in [0.25, 0.3) is 0 Å². The van der Waals surface area contributed by atoms with Crippen LogP contribution in [0.3, 0.4) is 0 Å². The molecule has 16 heavy (non-hydrogen) atoms. The minimum atomic E-state index is -1.07. The van der Waals surface area contributed by atoms with Gasteiger partial charge in [-0.25, -0.2) is 0 Å². The highest BCUT2D eigenvalue weighted by atomic mass is 79.9. The maximum Gasteiger partial charge on any atom is 0.119 e. The van der Waals surface area contributed by atoms with E-state index in [1.807, 2.05) is 6.07 Å². The first-order valence-electron chi connectivity index (χ1n) is 5.20. The summed E-state index contributed by atoms with van der Waals surface area (Å²) in [5.74, 6) is -0.357. The Bertz CT molecular complexity index is 339. The summed E-state index contributed by atoms with van der Waals surface area (Å²) < 4.78 is 5.50. The number of hydrogen-bond acceptors (Lipinski definition) is 3. The Morgan fingerprint density at radius 3 is 2.88 bits per heavy atom. The minimum Gasteiger partial charge on any atom is -0.550 e. The van der Waals surface area contributed by atoms with Gasteiger partial charge in [0.05, 0.1) is 6.61 Å². The third kappa shape index (κ3) is 5.16. The minimum absolute atomic E-state index is 0.0708. The molecule has 3 nitrogen and oxygen atoms in total. The molecule has 0 unspecified atom stereocenters. The molecule has 0 fully saturated rings. The number of benzene rings is 1. The van der Waals surface area contributed by atoms with Crippen molar-refractivity contribution in [2.75, 3.05) is 11.9 Å². The molecule has 0 aliphatic heterocycles. The number of ether oxygens (including phenoxy) is 1. The van der Waals surface area contributed by atoms with Crippen LogP contribution in [0.4, 0.5) is 0 Å². The highest BCUT2D eigenvalue weighted by Crippen LogP contribution is 2.14. The van der Waals surface area contributed by atoms with Gasteiger partial charge in [-0.3, -0.25) is 0 Å². The van der Waals surface area contributed by atoms with Gasteiger partial charge in [-0.15, -0.1) is 0 Å². The zero-order valence-electron chi connectivity index (χ0n) is 8.95. The zero-order chi connectivity index (χ0) is 11.8. The average molecular weight is 286 g/mol. The van der Waals surface area contributed by atoms with Gasteiger partial charge in [0, 0.05) is 17.7 Å². The second-order valence-corrected chi connectivity index (χ2v) is 4.23. The van der Waals surface area contributed by atoms with Crippen molar-refractivity contribution in [3.63, 3.8) is 0 Å². The Hall–Kier alpha value is -1.03. The van der Waals surface area contributed by atoms with E-state index in [2.05, 4.69) is 15.9 Å². The largest absolute Gasteiger partial charge is 0.550 e. The lowest BCUT2D eigenvalue weighted by Gasteiger charge is -2.08. The lowest BCUT2D eigenvalue weighted by molar-refractivity contribution is -0.304. The lowest BCUT2D eigenvalue weighted by Crippen LogP contribution is -2.24. The smallest absolute Gasteiger partial charge is 0.119 e. The van der Waals surface area contributed by atoms with E-state index in [0.717, 1.165) is 18.2 Å². The van der Waals surface area contributed by atoms with Crippen LogP contribution < -0.4 is 9.84 Å². The molecule has 0 saturated heterocycles. The number of carboxylic acids is 1. The number of hydrogen-bond donors (Lipinski definition) is 0. The molecule has 1 aromatic rings.